The molecule has 13 heteroatoms. The van der Waals surface area contributed by atoms with Gasteiger partial charge in [0.05, 0.1) is 12.6 Å². The number of imidazole rings is 1. The Hall–Kier alpha value is -3.19. The molecule has 3 heterocycles. The van der Waals surface area contributed by atoms with Gasteiger partial charge < -0.3 is 24.9 Å². The highest BCUT2D eigenvalue weighted by molar-refractivity contribution is 7.89. The molecule has 0 radical (unpaired) electrons. The minimum absolute atomic E-state index is 0.0117. The van der Waals surface area contributed by atoms with Gasteiger partial charge in [-0.15, -0.1) is 0 Å². The highest BCUT2D eigenvalue weighted by Crippen LogP contribution is 2.22. The maximum Gasteiger partial charge on any atom is 0.290 e. The smallest absolute Gasteiger partial charge is 0.290 e. The lowest BCUT2D eigenvalue weighted by Crippen LogP contribution is -2.57. The number of primary amides is 1. The van der Waals surface area contributed by atoms with Crippen molar-refractivity contribution in [3.63, 3.8) is 0 Å². The number of nitrogens with zero attached hydrogens (tertiary/aromatic N) is 3. The zero-order valence-electron chi connectivity index (χ0n) is 16.9. The Kier molecular flexibility index (Phi) is 6.75. The summed E-state index contributed by atoms with van der Waals surface area (Å²) in [6.45, 7) is 0.140. The number of nitrogens with two attached hydrogens (primary N) is 1. The van der Waals surface area contributed by atoms with Gasteiger partial charge in [-0.2, -0.15) is 0 Å². The van der Waals surface area contributed by atoms with E-state index < -0.39 is 39.8 Å². The Morgan fingerprint density at radius 3 is 2.74 bits per heavy atom. The molecule has 12 nitrogen and oxygen atoms in total. The van der Waals surface area contributed by atoms with Gasteiger partial charge >= 0.3 is 0 Å². The minimum atomic E-state index is -3.89. The molecule has 1 saturated heterocycles. The summed E-state index contributed by atoms with van der Waals surface area (Å²) in [5.41, 5.74) is 5.09. The lowest BCUT2D eigenvalue weighted by molar-refractivity contribution is -0.127. The number of nitrogens with one attached hydrogen (secondary N) is 2. The van der Waals surface area contributed by atoms with Crippen molar-refractivity contribution in [1.29, 1.82) is 0 Å². The quantitative estimate of drug-likeness (QED) is 0.459. The van der Waals surface area contributed by atoms with Crippen LogP contribution in [0.15, 0.2) is 40.4 Å². The fraction of sp³-hybridized carbons (Fsp3) is 0.444. The largest absolute Gasteiger partial charge is 0.459 e. The van der Waals surface area contributed by atoms with Crippen LogP contribution in [0.3, 0.4) is 0 Å². The highest BCUT2D eigenvalue weighted by Gasteiger charge is 2.39. The second-order valence-corrected chi connectivity index (χ2v) is 8.88. The topological polar surface area (TPSA) is 170 Å². The van der Waals surface area contributed by atoms with E-state index in [-0.39, 0.29) is 36.7 Å². The third-order valence-electron chi connectivity index (χ3n) is 4.85. The van der Waals surface area contributed by atoms with Gasteiger partial charge in [0.1, 0.15) is 6.04 Å². The van der Waals surface area contributed by atoms with E-state index in [0.717, 1.165) is 0 Å². The summed E-state index contributed by atoms with van der Waals surface area (Å²) in [7, 11) is -2.24. The Balaban J connectivity index is 1.75. The maximum absolute atomic E-state index is 12.8. The second-order valence-electron chi connectivity index (χ2n) is 7.22. The van der Waals surface area contributed by atoms with Crippen molar-refractivity contribution < 1.29 is 27.2 Å². The van der Waals surface area contributed by atoms with Crippen molar-refractivity contribution >= 4 is 27.7 Å². The number of piperidine rings is 1. The van der Waals surface area contributed by atoms with E-state index in [2.05, 4.69) is 15.0 Å². The Morgan fingerprint density at radius 1 is 1.35 bits per heavy atom. The van der Waals surface area contributed by atoms with E-state index in [9.17, 15) is 22.8 Å². The number of rotatable bonds is 8. The maximum atomic E-state index is 12.8. The monoisotopic (exact) mass is 452 g/mol. The molecule has 3 rings (SSSR count). The molecule has 1 aliphatic heterocycles. The Morgan fingerprint density at radius 2 is 2.13 bits per heavy atom. The molecule has 0 spiro atoms. The first-order valence-electron chi connectivity index (χ1n) is 9.58. The molecule has 4 N–H and O–H groups in total. The van der Waals surface area contributed by atoms with Crippen LogP contribution in [-0.4, -0.2) is 65.8 Å². The van der Waals surface area contributed by atoms with Gasteiger partial charge in [0.15, 0.2) is 10.8 Å². The van der Waals surface area contributed by atoms with E-state index in [4.69, 9.17) is 10.2 Å². The van der Waals surface area contributed by atoms with Gasteiger partial charge in [-0.25, -0.2) is 18.1 Å². The van der Waals surface area contributed by atoms with Gasteiger partial charge in [-0.05, 0) is 25.0 Å². The van der Waals surface area contributed by atoms with Crippen LogP contribution in [0.1, 0.15) is 29.8 Å². The molecular formula is C18H24N6O6S. The SMILES string of the molecule is Cn1cnc(S(=O)(=O)N[C@@H]2CCN(C(=O)c3ccco3)[C@H](C(=O)NCCC(N)=O)C2)c1. The number of hydrogen-bond acceptors (Lipinski definition) is 7. The van der Waals surface area contributed by atoms with Crippen LogP contribution < -0.4 is 15.8 Å². The van der Waals surface area contributed by atoms with Crippen LogP contribution in [-0.2, 0) is 26.7 Å². The van der Waals surface area contributed by atoms with Gasteiger partial charge in [-0.1, -0.05) is 0 Å². The van der Waals surface area contributed by atoms with Crippen molar-refractivity contribution in [2.45, 2.75) is 36.4 Å². The lowest BCUT2D eigenvalue weighted by Gasteiger charge is -2.38. The van der Waals surface area contributed by atoms with Crippen molar-refractivity contribution in [2.75, 3.05) is 13.1 Å². The first-order valence-corrected chi connectivity index (χ1v) is 11.1. The molecule has 31 heavy (non-hydrogen) atoms. The second kappa shape index (κ2) is 9.31. The van der Waals surface area contributed by atoms with Crippen LogP contribution in [0.2, 0.25) is 0 Å². The summed E-state index contributed by atoms with van der Waals surface area (Å²) in [6, 6.07) is 1.48. The minimum Gasteiger partial charge on any atom is -0.459 e. The van der Waals surface area contributed by atoms with E-state index in [1.807, 2.05) is 0 Å². The molecule has 1 aliphatic rings. The molecule has 0 unspecified atom stereocenters. The third-order valence-corrected chi connectivity index (χ3v) is 6.25. The summed E-state index contributed by atoms with van der Waals surface area (Å²) in [4.78, 5) is 41.7. The molecule has 2 aromatic heterocycles. The standard InChI is InChI=1S/C18H24N6O6S/c1-23-10-16(21-11-23)31(28,29)22-12-5-7-24(18(27)14-3-2-8-30-14)13(9-12)17(26)20-6-4-15(19)25/h2-3,8,10-13,22H,4-7,9H2,1H3,(H2,19,25)(H,20,26)/t12-,13+/m1/s1. The average molecular weight is 452 g/mol. The predicted molar refractivity (Wildman–Crippen MR) is 107 cm³/mol. The predicted octanol–water partition coefficient (Wildman–Crippen LogP) is -1.04. The fourth-order valence-corrected chi connectivity index (χ4v) is 4.60. The molecule has 0 aliphatic carbocycles. The molecule has 3 amide bonds. The number of aromatic nitrogens is 2. The number of amides is 3. The molecule has 1 fully saturated rings. The third kappa shape index (κ3) is 5.49. The summed E-state index contributed by atoms with van der Waals surface area (Å²) >= 11 is 0. The van der Waals surface area contributed by atoms with Gasteiger partial charge in [0.25, 0.3) is 15.9 Å². The summed E-state index contributed by atoms with van der Waals surface area (Å²) < 4.78 is 34.4. The zero-order valence-corrected chi connectivity index (χ0v) is 17.7. The van der Waals surface area contributed by atoms with Crippen molar-refractivity contribution in [1.82, 2.24) is 24.5 Å². The van der Waals surface area contributed by atoms with Crippen molar-refractivity contribution in [3.8, 4) is 0 Å². The molecule has 2 atom stereocenters. The zero-order chi connectivity index (χ0) is 22.6. The van der Waals surface area contributed by atoms with E-state index in [1.54, 1.807) is 13.1 Å². The molecular weight excluding hydrogens is 428 g/mol. The van der Waals surface area contributed by atoms with Crippen molar-refractivity contribution in [2.24, 2.45) is 12.8 Å². The number of sulfonamides is 1. The van der Waals surface area contributed by atoms with Gasteiger partial charge in [0.2, 0.25) is 11.8 Å². The highest BCUT2D eigenvalue weighted by atomic mass is 32.2. The first-order chi connectivity index (χ1) is 14.7. The first kappa shape index (κ1) is 22.5. The molecule has 168 valence electrons. The van der Waals surface area contributed by atoms with Gasteiger partial charge in [0, 0.05) is 38.8 Å². The summed E-state index contributed by atoms with van der Waals surface area (Å²) in [5.74, 6) is -1.50. The van der Waals surface area contributed by atoms with Crippen LogP contribution >= 0.6 is 0 Å². The average Bonchev–Trinajstić information content (AvgIpc) is 3.39. The van der Waals surface area contributed by atoms with Gasteiger partial charge in [-0.3, -0.25) is 14.4 Å². The summed E-state index contributed by atoms with van der Waals surface area (Å²) in [5, 5.41) is 2.44. The van der Waals surface area contributed by atoms with Crippen LogP contribution in [0, 0.1) is 0 Å². The molecule has 0 aromatic carbocycles. The van der Waals surface area contributed by atoms with E-state index in [1.165, 1.54) is 34.3 Å². The number of furan rings is 1. The Bertz CT molecular complexity index is 1050. The Labute approximate surface area is 178 Å². The summed E-state index contributed by atoms with van der Waals surface area (Å²) in [6.07, 6.45) is 4.37. The normalized spacial score (nSPS) is 19.2. The fourth-order valence-electron chi connectivity index (χ4n) is 3.34. The van der Waals surface area contributed by atoms with Crippen LogP contribution in [0.4, 0.5) is 0 Å². The number of aryl methyl sites for hydroxylation is 1. The molecule has 2 aromatic rings. The number of carbonyl (C=O) groups excluding carboxylic acids is 3. The molecule has 0 saturated carbocycles. The van der Waals surface area contributed by atoms with Crippen molar-refractivity contribution in [3.05, 3.63) is 36.7 Å². The molecule has 0 bridgehead atoms. The number of hydrogen-bond donors (Lipinski definition) is 3. The number of likely N-dealkylation sites (tertiary alicyclic amines) is 1. The van der Waals surface area contributed by atoms with E-state index in [0.29, 0.717) is 6.42 Å². The lowest BCUT2D eigenvalue weighted by atomic mass is 9.96. The van der Waals surface area contributed by atoms with Crippen LogP contribution in [0.25, 0.3) is 0 Å². The van der Waals surface area contributed by atoms with E-state index >= 15 is 0 Å². The van der Waals surface area contributed by atoms with Crippen LogP contribution in [0.5, 0.6) is 0 Å². The number of carbonyl (C=O) groups is 3.